The van der Waals surface area contributed by atoms with Crippen molar-refractivity contribution in [2.45, 2.75) is 64.7 Å². The highest BCUT2D eigenvalue weighted by Crippen LogP contribution is 2.39. The molecule has 0 N–H and O–H groups in total. The molecule has 2 aliphatic heterocycles. The van der Waals surface area contributed by atoms with E-state index < -0.39 is 6.17 Å². The molecule has 0 aliphatic carbocycles. The summed E-state index contributed by atoms with van der Waals surface area (Å²) in [6, 6.07) is 0.778. The van der Waals surface area contributed by atoms with Gasteiger partial charge in [0.25, 0.3) is 0 Å². The number of hydrogen-bond acceptors (Lipinski definition) is 1. The summed E-state index contributed by atoms with van der Waals surface area (Å²) in [5.74, 6) is 0. The highest BCUT2D eigenvalue weighted by Gasteiger charge is 2.44. The second kappa shape index (κ2) is 3.48. The Morgan fingerprint density at radius 1 is 1.36 bits per heavy atom. The van der Waals surface area contributed by atoms with Crippen LogP contribution in [0.5, 0.6) is 0 Å². The lowest BCUT2D eigenvalue weighted by molar-refractivity contribution is 0.178. The molecule has 0 bridgehead atoms. The maximum atomic E-state index is 13.7. The Balaban J connectivity index is 2.00. The zero-order chi connectivity index (χ0) is 10.3. The molecule has 2 heteroatoms. The second-order valence-corrected chi connectivity index (χ2v) is 6.12. The monoisotopic (exact) mass is 199 g/mol. The third-order valence-electron chi connectivity index (χ3n) is 3.57. The third kappa shape index (κ3) is 1.95. The van der Waals surface area contributed by atoms with Crippen molar-refractivity contribution in [3.05, 3.63) is 0 Å². The lowest BCUT2D eigenvalue weighted by Gasteiger charge is -2.29. The van der Waals surface area contributed by atoms with E-state index in [9.17, 15) is 4.39 Å². The van der Waals surface area contributed by atoms with E-state index in [4.69, 9.17) is 0 Å². The molecule has 0 aromatic carbocycles. The largest absolute Gasteiger partial charge is 0.294 e. The van der Waals surface area contributed by atoms with E-state index in [0.29, 0.717) is 11.5 Å². The Labute approximate surface area is 86.7 Å². The summed E-state index contributed by atoms with van der Waals surface area (Å²) < 4.78 is 13.7. The Bertz CT molecular complexity index is 209. The number of hydrogen-bond donors (Lipinski definition) is 0. The molecule has 0 amide bonds. The number of halogens is 1. The number of fused-ring (bicyclic) bond motifs is 1. The van der Waals surface area contributed by atoms with Crippen molar-refractivity contribution in [3.8, 4) is 0 Å². The van der Waals surface area contributed by atoms with Crippen LogP contribution in [-0.4, -0.2) is 29.7 Å². The van der Waals surface area contributed by atoms with Crippen molar-refractivity contribution in [3.63, 3.8) is 0 Å². The van der Waals surface area contributed by atoms with Crippen LogP contribution in [0.15, 0.2) is 0 Å². The summed E-state index contributed by atoms with van der Waals surface area (Å²) in [5.41, 5.74) is 0.335. The fourth-order valence-electron chi connectivity index (χ4n) is 3.12. The van der Waals surface area contributed by atoms with Crippen molar-refractivity contribution < 1.29 is 4.39 Å². The fourth-order valence-corrected chi connectivity index (χ4v) is 3.12. The van der Waals surface area contributed by atoms with E-state index in [-0.39, 0.29) is 6.04 Å². The molecule has 2 rings (SSSR count). The van der Waals surface area contributed by atoms with Gasteiger partial charge in [-0.05, 0) is 37.6 Å². The van der Waals surface area contributed by atoms with Gasteiger partial charge in [0.2, 0.25) is 0 Å². The summed E-state index contributed by atoms with van der Waals surface area (Å²) in [5, 5.41) is 0. The molecule has 1 nitrogen and oxygen atoms in total. The van der Waals surface area contributed by atoms with Crippen LogP contribution < -0.4 is 0 Å². The number of alkyl halides is 1. The van der Waals surface area contributed by atoms with Crippen LogP contribution >= 0.6 is 0 Å². The summed E-state index contributed by atoms with van der Waals surface area (Å²) in [6.07, 6.45) is 3.66. The van der Waals surface area contributed by atoms with Crippen LogP contribution in [0.4, 0.5) is 4.39 Å². The standard InChI is InChI=1S/C12H22FN/c1-12(2,3)8-9-7-10(13)11-5-4-6-14(9)11/h9-11H,4-8H2,1-3H3. The first-order chi connectivity index (χ1) is 6.47. The molecule has 3 unspecified atom stereocenters. The molecule has 2 fully saturated rings. The Kier molecular flexibility index (Phi) is 2.59. The molecule has 14 heavy (non-hydrogen) atoms. The van der Waals surface area contributed by atoms with Gasteiger partial charge in [0, 0.05) is 12.1 Å². The first-order valence-corrected chi connectivity index (χ1v) is 5.87. The molecule has 2 heterocycles. The second-order valence-electron chi connectivity index (χ2n) is 6.12. The Morgan fingerprint density at radius 2 is 2.07 bits per heavy atom. The first-order valence-electron chi connectivity index (χ1n) is 5.87. The topological polar surface area (TPSA) is 3.24 Å². The van der Waals surface area contributed by atoms with Crippen molar-refractivity contribution in [2.24, 2.45) is 5.41 Å². The van der Waals surface area contributed by atoms with Crippen molar-refractivity contribution in [1.29, 1.82) is 0 Å². The van der Waals surface area contributed by atoms with Gasteiger partial charge in [-0.2, -0.15) is 0 Å². The van der Waals surface area contributed by atoms with E-state index in [0.717, 1.165) is 25.8 Å². The van der Waals surface area contributed by atoms with Crippen molar-refractivity contribution >= 4 is 0 Å². The van der Waals surface area contributed by atoms with Crippen LogP contribution in [0.2, 0.25) is 0 Å². The fraction of sp³-hybridized carbons (Fsp3) is 1.00. The maximum absolute atomic E-state index is 13.7. The molecule has 0 aromatic heterocycles. The summed E-state index contributed by atoms with van der Waals surface area (Å²) in [4.78, 5) is 2.43. The minimum Gasteiger partial charge on any atom is -0.294 e. The maximum Gasteiger partial charge on any atom is 0.117 e. The highest BCUT2D eigenvalue weighted by molar-refractivity contribution is 4.98. The molecule has 2 aliphatic rings. The molecule has 2 saturated heterocycles. The van der Waals surface area contributed by atoms with Crippen LogP contribution in [0, 0.1) is 5.41 Å². The Hall–Kier alpha value is -0.110. The normalized spacial score (nSPS) is 39.0. The van der Waals surface area contributed by atoms with E-state index in [1.54, 1.807) is 0 Å². The predicted octanol–water partition coefficient (Wildman–Crippen LogP) is 3.00. The van der Waals surface area contributed by atoms with E-state index >= 15 is 0 Å². The predicted molar refractivity (Wildman–Crippen MR) is 57.1 cm³/mol. The summed E-state index contributed by atoms with van der Waals surface area (Å²) in [6.45, 7) is 7.89. The van der Waals surface area contributed by atoms with Gasteiger partial charge in [-0.25, -0.2) is 4.39 Å². The highest BCUT2D eigenvalue weighted by atomic mass is 19.1. The minimum absolute atomic E-state index is 0.266. The van der Waals surface area contributed by atoms with Gasteiger partial charge >= 0.3 is 0 Å². The minimum atomic E-state index is -0.551. The molecule has 82 valence electrons. The smallest absolute Gasteiger partial charge is 0.117 e. The van der Waals surface area contributed by atoms with Gasteiger partial charge < -0.3 is 0 Å². The van der Waals surface area contributed by atoms with Gasteiger partial charge in [0.15, 0.2) is 0 Å². The Morgan fingerprint density at radius 3 is 2.71 bits per heavy atom. The zero-order valence-electron chi connectivity index (χ0n) is 9.59. The molecule has 0 aromatic rings. The van der Waals surface area contributed by atoms with Crippen LogP contribution in [0.25, 0.3) is 0 Å². The average molecular weight is 199 g/mol. The van der Waals surface area contributed by atoms with Gasteiger partial charge in [-0.15, -0.1) is 0 Å². The van der Waals surface area contributed by atoms with Crippen molar-refractivity contribution in [1.82, 2.24) is 4.90 Å². The molecule has 0 saturated carbocycles. The molecule has 0 radical (unpaired) electrons. The average Bonchev–Trinajstić information content (AvgIpc) is 2.54. The van der Waals surface area contributed by atoms with Gasteiger partial charge in [0.05, 0.1) is 0 Å². The van der Waals surface area contributed by atoms with Crippen LogP contribution in [-0.2, 0) is 0 Å². The van der Waals surface area contributed by atoms with Gasteiger partial charge in [-0.1, -0.05) is 20.8 Å². The molecular formula is C12H22FN. The SMILES string of the molecule is CC(C)(C)CC1CC(F)C2CCCN12. The molecular weight excluding hydrogens is 177 g/mol. The first kappa shape index (κ1) is 10.4. The lowest BCUT2D eigenvalue weighted by atomic mass is 9.87. The number of rotatable bonds is 1. The lowest BCUT2D eigenvalue weighted by Crippen LogP contribution is -2.34. The molecule has 0 spiro atoms. The quantitative estimate of drug-likeness (QED) is 0.627. The van der Waals surface area contributed by atoms with Gasteiger partial charge in [0.1, 0.15) is 6.17 Å². The van der Waals surface area contributed by atoms with Crippen LogP contribution in [0.3, 0.4) is 0 Å². The van der Waals surface area contributed by atoms with E-state index in [2.05, 4.69) is 25.7 Å². The third-order valence-corrected chi connectivity index (χ3v) is 3.57. The number of nitrogens with zero attached hydrogens (tertiary/aromatic N) is 1. The van der Waals surface area contributed by atoms with Crippen molar-refractivity contribution in [2.75, 3.05) is 6.54 Å². The van der Waals surface area contributed by atoms with E-state index in [1.165, 1.54) is 6.42 Å². The zero-order valence-corrected chi connectivity index (χ0v) is 9.59. The summed E-state index contributed by atoms with van der Waals surface area (Å²) in [7, 11) is 0. The van der Waals surface area contributed by atoms with E-state index in [1.807, 2.05) is 0 Å². The van der Waals surface area contributed by atoms with Crippen LogP contribution in [0.1, 0.15) is 46.5 Å². The van der Waals surface area contributed by atoms with Gasteiger partial charge in [-0.3, -0.25) is 4.90 Å². The molecule has 3 atom stereocenters. The summed E-state index contributed by atoms with van der Waals surface area (Å²) >= 11 is 0.